The molecule has 0 saturated heterocycles. The molecule has 6 heteroatoms. The summed E-state index contributed by atoms with van der Waals surface area (Å²) in [6.07, 6.45) is 4.77. The van der Waals surface area contributed by atoms with Crippen LogP contribution in [-0.2, 0) is 0 Å². The lowest BCUT2D eigenvalue weighted by Gasteiger charge is -2.12. The molecule has 0 radical (unpaired) electrons. The van der Waals surface area contributed by atoms with E-state index in [0.717, 1.165) is 12.8 Å². The van der Waals surface area contributed by atoms with Crippen molar-refractivity contribution < 1.29 is 14.7 Å². The van der Waals surface area contributed by atoms with Crippen molar-refractivity contribution in [3.8, 4) is 0 Å². The number of halogens is 1. The lowest BCUT2D eigenvalue weighted by Crippen LogP contribution is -2.32. The second-order valence-corrected chi connectivity index (χ2v) is 5.39. The van der Waals surface area contributed by atoms with Crippen LogP contribution in [0.2, 0.25) is 5.02 Å². The van der Waals surface area contributed by atoms with Gasteiger partial charge in [-0.05, 0) is 37.0 Å². The standard InChI is InChI=1S/C14H17ClN2O3/c15-12-6-5-10(7-11(12)13(18)19)17-14(20)16-8-9-3-1-2-4-9/h5-7,9H,1-4,8H2,(H,18,19)(H2,16,17,20). The van der Waals surface area contributed by atoms with E-state index in [9.17, 15) is 9.59 Å². The number of hydrogen-bond acceptors (Lipinski definition) is 2. The molecule has 1 aliphatic carbocycles. The molecule has 0 atom stereocenters. The molecule has 0 spiro atoms. The van der Waals surface area contributed by atoms with Gasteiger partial charge in [0, 0.05) is 12.2 Å². The minimum Gasteiger partial charge on any atom is -0.478 e. The Bertz CT molecular complexity index is 513. The predicted octanol–water partition coefficient (Wildman–Crippen LogP) is 3.35. The van der Waals surface area contributed by atoms with Crippen molar-refractivity contribution >= 4 is 29.3 Å². The molecule has 2 amide bonds. The summed E-state index contributed by atoms with van der Waals surface area (Å²) in [6, 6.07) is 4.05. The van der Waals surface area contributed by atoms with Gasteiger partial charge in [0.25, 0.3) is 0 Å². The first-order valence-electron chi connectivity index (χ1n) is 6.64. The Hall–Kier alpha value is -1.75. The second kappa shape index (κ2) is 6.61. The first kappa shape index (κ1) is 14.7. The van der Waals surface area contributed by atoms with Crippen LogP contribution < -0.4 is 10.6 Å². The molecule has 1 aromatic carbocycles. The molecule has 5 nitrogen and oxygen atoms in total. The number of rotatable bonds is 4. The molecule has 3 N–H and O–H groups in total. The molecular formula is C14H17ClN2O3. The number of hydrogen-bond donors (Lipinski definition) is 3. The first-order chi connectivity index (χ1) is 9.56. The Morgan fingerprint density at radius 2 is 2.00 bits per heavy atom. The van der Waals surface area contributed by atoms with Gasteiger partial charge in [0.05, 0.1) is 10.6 Å². The van der Waals surface area contributed by atoms with Crippen LogP contribution in [-0.4, -0.2) is 23.7 Å². The lowest BCUT2D eigenvalue weighted by molar-refractivity contribution is 0.0697. The first-order valence-corrected chi connectivity index (χ1v) is 7.02. The van der Waals surface area contributed by atoms with Gasteiger partial charge < -0.3 is 15.7 Å². The molecule has 1 aliphatic rings. The maximum Gasteiger partial charge on any atom is 0.337 e. The van der Waals surface area contributed by atoms with Gasteiger partial charge in [-0.15, -0.1) is 0 Å². The van der Waals surface area contributed by atoms with Crippen molar-refractivity contribution in [1.82, 2.24) is 5.32 Å². The number of carbonyl (C=O) groups is 2. The normalized spacial score (nSPS) is 15.1. The third kappa shape index (κ3) is 3.87. The zero-order valence-electron chi connectivity index (χ0n) is 11.0. The van der Waals surface area contributed by atoms with Crippen LogP contribution in [0.3, 0.4) is 0 Å². The van der Waals surface area contributed by atoms with Gasteiger partial charge in [-0.25, -0.2) is 9.59 Å². The third-order valence-corrected chi connectivity index (χ3v) is 3.81. The Morgan fingerprint density at radius 3 is 2.65 bits per heavy atom. The van der Waals surface area contributed by atoms with Gasteiger partial charge in [0.15, 0.2) is 0 Å². The van der Waals surface area contributed by atoms with E-state index in [2.05, 4.69) is 10.6 Å². The summed E-state index contributed by atoms with van der Waals surface area (Å²) in [5, 5.41) is 14.5. The summed E-state index contributed by atoms with van der Waals surface area (Å²) in [5.74, 6) is -0.564. The van der Waals surface area contributed by atoms with E-state index in [1.54, 1.807) is 6.07 Å². The fraction of sp³-hybridized carbons (Fsp3) is 0.429. The summed E-state index contributed by atoms with van der Waals surface area (Å²) in [7, 11) is 0. The largest absolute Gasteiger partial charge is 0.478 e. The predicted molar refractivity (Wildman–Crippen MR) is 77.4 cm³/mol. The van der Waals surface area contributed by atoms with Gasteiger partial charge in [-0.2, -0.15) is 0 Å². The number of aromatic carboxylic acids is 1. The van der Waals surface area contributed by atoms with E-state index in [1.165, 1.54) is 25.0 Å². The van der Waals surface area contributed by atoms with E-state index in [1.807, 2.05) is 0 Å². The molecule has 1 saturated carbocycles. The number of benzene rings is 1. The summed E-state index contributed by atoms with van der Waals surface area (Å²) in [4.78, 5) is 22.7. The van der Waals surface area contributed by atoms with Crippen molar-refractivity contribution in [1.29, 1.82) is 0 Å². The van der Waals surface area contributed by atoms with Gasteiger partial charge >= 0.3 is 12.0 Å². The van der Waals surface area contributed by atoms with Crippen LogP contribution in [0.4, 0.5) is 10.5 Å². The highest BCUT2D eigenvalue weighted by atomic mass is 35.5. The molecular weight excluding hydrogens is 280 g/mol. The fourth-order valence-corrected chi connectivity index (χ4v) is 2.59. The van der Waals surface area contributed by atoms with Crippen LogP contribution in [0.25, 0.3) is 0 Å². The summed E-state index contributed by atoms with van der Waals surface area (Å²) in [6.45, 7) is 0.658. The highest BCUT2D eigenvalue weighted by Crippen LogP contribution is 2.24. The molecule has 0 aliphatic heterocycles. The Balaban J connectivity index is 1.90. The van der Waals surface area contributed by atoms with Crippen molar-refractivity contribution in [3.63, 3.8) is 0 Å². The number of amides is 2. The van der Waals surface area contributed by atoms with Crippen LogP contribution in [0.5, 0.6) is 0 Å². The van der Waals surface area contributed by atoms with Gasteiger partial charge in [-0.1, -0.05) is 24.4 Å². The van der Waals surface area contributed by atoms with E-state index in [4.69, 9.17) is 16.7 Å². The van der Waals surface area contributed by atoms with Crippen LogP contribution in [0.15, 0.2) is 18.2 Å². The van der Waals surface area contributed by atoms with E-state index < -0.39 is 5.97 Å². The summed E-state index contributed by atoms with van der Waals surface area (Å²) < 4.78 is 0. The maximum absolute atomic E-state index is 11.7. The Morgan fingerprint density at radius 1 is 1.30 bits per heavy atom. The highest BCUT2D eigenvalue weighted by Gasteiger charge is 2.16. The lowest BCUT2D eigenvalue weighted by atomic mass is 10.1. The second-order valence-electron chi connectivity index (χ2n) is 4.99. The Labute approximate surface area is 122 Å². The molecule has 1 fully saturated rings. The van der Waals surface area contributed by atoms with Crippen molar-refractivity contribution in [2.45, 2.75) is 25.7 Å². The molecule has 0 aromatic heterocycles. The van der Waals surface area contributed by atoms with Gasteiger partial charge in [0.1, 0.15) is 0 Å². The van der Waals surface area contributed by atoms with Gasteiger partial charge in [0.2, 0.25) is 0 Å². The fourth-order valence-electron chi connectivity index (χ4n) is 2.39. The number of anilines is 1. The maximum atomic E-state index is 11.7. The van der Waals surface area contributed by atoms with Crippen LogP contribution >= 0.6 is 11.6 Å². The van der Waals surface area contributed by atoms with Gasteiger partial charge in [-0.3, -0.25) is 0 Å². The summed E-state index contributed by atoms with van der Waals surface area (Å²) >= 11 is 5.77. The average molecular weight is 297 g/mol. The number of urea groups is 1. The summed E-state index contributed by atoms with van der Waals surface area (Å²) in [5.41, 5.74) is 0.385. The number of nitrogens with one attached hydrogen (secondary N) is 2. The molecule has 0 heterocycles. The van der Waals surface area contributed by atoms with E-state index in [0.29, 0.717) is 18.2 Å². The highest BCUT2D eigenvalue weighted by molar-refractivity contribution is 6.33. The zero-order chi connectivity index (χ0) is 14.5. The SMILES string of the molecule is O=C(NCC1CCCC1)Nc1ccc(Cl)c(C(=O)O)c1. The zero-order valence-corrected chi connectivity index (χ0v) is 11.7. The van der Waals surface area contributed by atoms with Crippen molar-refractivity contribution in [2.24, 2.45) is 5.92 Å². The quantitative estimate of drug-likeness (QED) is 0.797. The number of carbonyl (C=O) groups excluding carboxylic acids is 1. The van der Waals surface area contributed by atoms with Crippen molar-refractivity contribution in [3.05, 3.63) is 28.8 Å². The number of carboxylic acid groups (broad SMARTS) is 1. The topological polar surface area (TPSA) is 78.4 Å². The van der Waals surface area contributed by atoms with Crippen LogP contribution in [0.1, 0.15) is 36.0 Å². The minimum atomic E-state index is -1.12. The third-order valence-electron chi connectivity index (χ3n) is 3.48. The van der Waals surface area contributed by atoms with Crippen molar-refractivity contribution in [2.75, 3.05) is 11.9 Å². The Kier molecular flexibility index (Phi) is 4.84. The smallest absolute Gasteiger partial charge is 0.337 e. The molecule has 0 unspecified atom stereocenters. The molecule has 108 valence electrons. The monoisotopic (exact) mass is 296 g/mol. The average Bonchev–Trinajstić information content (AvgIpc) is 2.91. The molecule has 20 heavy (non-hydrogen) atoms. The van der Waals surface area contributed by atoms with Crippen LogP contribution in [0, 0.1) is 5.92 Å². The minimum absolute atomic E-state index is 0.0275. The van der Waals surface area contributed by atoms with E-state index >= 15 is 0 Å². The molecule has 0 bridgehead atoms. The molecule has 2 rings (SSSR count). The molecule has 1 aromatic rings. The van der Waals surface area contributed by atoms with E-state index in [-0.39, 0.29) is 16.6 Å². The number of carboxylic acids is 1.